The number of hydrogen-bond acceptors (Lipinski definition) is 13. The fraction of sp³-hybridized carbons (Fsp3) is 0.857. The lowest BCUT2D eigenvalue weighted by molar-refractivity contribution is -0.371. The molecule has 0 aromatic heterocycles. The Kier molecular flexibility index (Phi) is 10.7. The molecule has 0 spiro atoms. The maximum absolute atomic E-state index is 14.8. The molecule has 16 heteroatoms. The molecule has 0 aromatic rings. The van der Waals surface area contributed by atoms with E-state index >= 15 is 0 Å². The predicted octanol–water partition coefficient (Wildman–Crippen LogP) is 2.25. The summed E-state index contributed by atoms with van der Waals surface area (Å²) in [5.41, 5.74) is -1.81. The number of ether oxygens (including phenoxy) is 4. The molecule has 0 amide bonds. The molecule has 58 heavy (non-hydrogen) atoms. The molecule has 16 nitrogen and oxygen atoms in total. The number of aliphatic carboxylic acids is 3. The minimum absolute atomic E-state index is 0.0217. The van der Waals surface area contributed by atoms with Crippen LogP contribution in [0, 0.1) is 50.2 Å². The van der Waals surface area contributed by atoms with Crippen LogP contribution in [0.5, 0.6) is 0 Å². The zero-order valence-electron chi connectivity index (χ0n) is 34.4. The second-order valence-electron chi connectivity index (χ2n) is 20.6. The van der Waals surface area contributed by atoms with Gasteiger partial charge in [0.15, 0.2) is 30.6 Å². The van der Waals surface area contributed by atoms with Gasteiger partial charge in [0.05, 0.1) is 11.5 Å². The van der Waals surface area contributed by atoms with Crippen LogP contribution in [-0.2, 0) is 38.1 Å². The highest BCUT2D eigenvalue weighted by molar-refractivity contribution is 5.95. The van der Waals surface area contributed by atoms with Crippen LogP contribution in [0.3, 0.4) is 0 Å². The van der Waals surface area contributed by atoms with E-state index in [4.69, 9.17) is 18.9 Å². The summed E-state index contributed by atoms with van der Waals surface area (Å²) in [6.07, 6.45) is -12.2. The highest BCUT2D eigenvalue weighted by Gasteiger charge is 2.71. The van der Waals surface area contributed by atoms with Crippen molar-refractivity contribution >= 4 is 23.7 Å². The lowest BCUT2D eigenvalue weighted by atomic mass is 9.33. The Morgan fingerprint density at radius 3 is 1.88 bits per heavy atom. The van der Waals surface area contributed by atoms with E-state index in [1.807, 2.05) is 26.8 Å². The average molecular weight is 823 g/mol. The molecule has 7 aliphatic rings. The largest absolute Gasteiger partial charge is 0.481 e. The Hall–Kier alpha value is -2.54. The van der Waals surface area contributed by atoms with E-state index in [2.05, 4.69) is 27.7 Å². The van der Waals surface area contributed by atoms with Gasteiger partial charge in [0, 0.05) is 5.92 Å². The summed E-state index contributed by atoms with van der Waals surface area (Å²) >= 11 is 0. The number of carboxylic acids is 3. The first-order valence-electron chi connectivity index (χ1n) is 20.7. The molecule has 0 aromatic carbocycles. The van der Waals surface area contributed by atoms with Gasteiger partial charge in [-0.2, -0.15) is 0 Å². The molecule has 5 aliphatic carbocycles. The van der Waals surface area contributed by atoms with Crippen molar-refractivity contribution in [3.05, 3.63) is 11.6 Å². The fourth-order valence-electron chi connectivity index (χ4n) is 13.4. The molecule has 2 saturated heterocycles. The van der Waals surface area contributed by atoms with Crippen molar-refractivity contribution in [2.75, 3.05) is 0 Å². The molecular weight excluding hydrogens is 760 g/mol. The lowest BCUT2D eigenvalue weighted by Crippen LogP contribution is -2.68. The third-order valence-corrected chi connectivity index (χ3v) is 17.2. The summed E-state index contributed by atoms with van der Waals surface area (Å²) < 4.78 is 23.4. The van der Waals surface area contributed by atoms with Gasteiger partial charge in [-0.1, -0.05) is 47.1 Å². The van der Waals surface area contributed by atoms with E-state index in [1.165, 1.54) is 0 Å². The average Bonchev–Trinajstić information content (AvgIpc) is 3.13. The zero-order valence-corrected chi connectivity index (χ0v) is 34.4. The first-order valence-corrected chi connectivity index (χ1v) is 20.7. The number of rotatable bonds is 7. The second-order valence-corrected chi connectivity index (χ2v) is 20.6. The summed E-state index contributed by atoms with van der Waals surface area (Å²) in [6.45, 7) is 14.8. The Bertz CT molecular complexity index is 1730. The summed E-state index contributed by atoms with van der Waals surface area (Å²) in [6, 6.07) is 0. The minimum Gasteiger partial charge on any atom is -0.481 e. The number of carbonyl (C=O) groups is 4. The Morgan fingerprint density at radius 1 is 0.690 bits per heavy atom. The maximum atomic E-state index is 14.8. The van der Waals surface area contributed by atoms with E-state index in [0.29, 0.717) is 25.7 Å². The van der Waals surface area contributed by atoms with E-state index < -0.39 is 107 Å². The third-order valence-electron chi connectivity index (χ3n) is 17.2. The van der Waals surface area contributed by atoms with Gasteiger partial charge in [-0.05, 0) is 110 Å². The summed E-state index contributed by atoms with van der Waals surface area (Å²) in [5, 5.41) is 83.0. The Labute approximate surface area is 337 Å². The normalized spacial score (nSPS) is 52.6. The van der Waals surface area contributed by atoms with E-state index in [9.17, 15) is 60.0 Å². The molecule has 3 unspecified atom stereocenters. The topological polar surface area (TPSA) is 267 Å². The van der Waals surface area contributed by atoms with Crippen LogP contribution < -0.4 is 0 Å². The maximum Gasteiger partial charge on any atom is 0.335 e. The number of aliphatic hydroxyl groups excluding tert-OH is 5. The summed E-state index contributed by atoms with van der Waals surface area (Å²) in [5.74, 6) is -4.47. The monoisotopic (exact) mass is 822 g/mol. The number of fused-ring (bicyclic) bond motifs is 7. The minimum atomic E-state index is -2.05. The fourth-order valence-corrected chi connectivity index (χ4v) is 13.4. The van der Waals surface area contributed by atoms with E-state index in [1.54, 1.807) is 0 Å². The van der Waals surface area contributed by atoms with Crippen LogP contribution in [0.25, 0.3) is 0 Å². The quantitative estimate of drug-likeness (QED) is 0.171. The molecule has 326 valence electrons. The second kappa shape index (κ2) is 14.3. The number of carboxylic acid groups (broad SMARTS) is 3. The van der Waals surface area contributed by atoms with E-state index in [-0.39, 0.29) is 34.4 Å². The molecular formula is C42H62O16. The van der Waals surface area contributed by atoms with Crippen LogP contribution in [0.15, 0.2) is 11.6 Å². The highest BCUT2D eigenvalue weighted by atomic mass is 16.8. The predicted molar refractivity (Wildman–Crippen MR) is 199 cm³/mol. The van der Waals surface area contributed by atoms with Crippen molar-refractivity contribution in [3.8, 4) is 0 Å². The van der Waals surface area contributed by atoms with Gasteiger partial charge in [0.1, 0.15) is 36.6 Å². The van der Waals surface area contributed by atoms with Crippen molar-refractivity contribution in [1.29, 1.82) is 0 Å². The van der Waals surface area contributed by atoms with Crippen molar-refractivity contribution in [2.24, 2.45) is 50.2 Å². The first-order chi connectivity index (χ1) is 26.8. The van der Waals surface area contributed by atoms with E-state index in [0.717, 1.165) is 37.7 Å². The van der Waals surface area contributed by atoms with Crippen LogP contribution in [-0.4, -0.2) is 132 Å². The number of allylic oxidation sites excluding steroid dienone is 2. The number of carbonyl (C=O) groups excluding carboxylic acids is 1. The zero-order chi connectivity index (χ0) is 42.9. The molecule has 7 rings (SSSR count). The van der Waals surface area contributed by atoms with Gasteiger partial charge >= 0.3 is 17.9 Å². The number of aliphatic hydroxyl groups is 5. The Morgan fingerprint density at radius 2 is 1.28 bits per heavy atom. The van der Waals surface area contributed by atoms with Gasteiger partial charge in [0.25, 0.3) is 0 Å². The molecule has 0 radical (unpaired) electrons. The number of hydrogen-bond donors (Lipinski definition) is 8. The summed E-state index contributed by atoms with van der Waals surface area (Å²) in [7, 11) is 0. The molecule has 0 bridgehead atoms. The van der Waals surface area contributed by atoms with Crippen LogP contribution >= 0.6 is 0 Å². The standard InChI is InChI=1S/C42H62O16/c1-37(2)21-8-11-42(7)31(20(43)16-18-19-17-39(4,36(53)54)13-12-38(19,3)14-15-41(18,42)6)40(21,5)10-9-22(37)55-35-30(26(47)25(46)29(57-35)33(51)52)58-34-27(48)23(44)24(45)28(56-34)32(49)50/h16,19,21-31,34-35,44-48H,8-15,17H2,1-7H3,(H,49,50)(H,51,52)(H,53,54)/t19-,21?,22-,23+,24-,25-,26+,27+,28-,29-,30+,31?,34-,35+,38+,39-,40-,41?,42+/m0/s1. The molecule has 6 fully saturated rings. The third kappa shape index (κ3) is 6.25. The molecule has 2 aliphatic heterocycles. The molecule has 2 heterocycles. The first kappa shape index (κ1) is 43.5. The molecule has 4 saturated carbocycles. The molecule has 19 atom stereocenters. The van der Waals surface area contributed by atoms with Crippen molar-refractivity contribution in [2.45, 2.75) is 174 Å². The van der Waals surface area contributed by atoms with Gasteiger partial charge in [-0.25, -0.2) is 9.59 Å². The lowest BCUT2D eigenvalue weighted by Gasteiger charge is -2.70. The van der Waals surface area contributed by atoms with Gasteiger partial charge in [-0.3, -0.25) is 9.59 Å². The highest BCUT2D eigenvalue weighted by Crippen LogP contribution is 2.75. The summed E-state index contributed by atoms with van der Waals surface area (Å²) in [4.78, 5) is 51.3. The van der Waals surface area contributed by atoms with Crippen LogP contribution in [0.2, 0.25) is 0 Å². The van der Waals surface area contributed by atoms with Gasteiger partial charge in [-0.15, -0.1) is 0 Å². The van der Waals surface area contributed by atoms with Crippen molar-refractivity contribution in [3.63, 3.8) is 0 Å². The van der Waals surface area contributed by atoms with Gasteiger partial charge < -0.3 is 59.8 Å². The number of ketones is 1. The Balaban J connectivity index is 1.17. The van der Waals surface area contributed by atoms with Crippen molar-refractivity contribution < 1.29 is 79.0 Å². The molecule has 8 N–H and O–H groups in total. The smallest absolute Gasteiger partial charge is 0.335 e. The SMILES string of the molecule is CC1(C)C2CC[C@]3(C)C(C(=O)C=C4[C@@H]5C[C@@](C)(C(=O)O)CC[C@]5(C)CCC43C)[C@@]2(C)CC[C@@H]1O[C@@H]1O[C@H](C(=O)O)[C@@H](O)[C@@H](O)[C@H]1O[C@@H]1O[C@H](C(=O)O)[C@@H](O)[C@@H](O)[C@H]1O. The van der Waals surface area contributed by atoms with Gasteiger partial charge in [0.2, 0.25) is 0 Å². The van der Waals surface area contributed by atoms with Crippen LogP contribution in [0.1, 0.15) is 106 Å². The van der Waals surface area contributed by atoms with Crippen molar-refractivity contribution in [1.82, 2.24) is 0 Å². The van der Waals surface area contributed by atoms with Crippen LogP contribution in [0.4, 0.5) is 0 Å².